The summed E-state index contributed by atoms with van der Waals surface area (Å²) in [5.41, 5.74) is -0.308. The number of halogens is 3. The molecule has 1 amide bonds. The van der Waals surface area contributed by atoms with Crippen molar-refractivity contribution in [3.8, 4) is 6.19 Å². The van der Waals surface area contributed by atoms with Crippen molar-refractivity contribution in [2.24, 2.45) is 5.92 Å². The highest BCUT2D eigenvalue weighted by Gasteiger charge is 2.33. The maximum atomic E-state index is 12.8. The lowest BCUT2D eigenvalue weighted by Gasteiger charge is -2.37. The van der Waals surface area contributed by atoms with E-state index in [2.05, 4.69) is 5.32 Å². The Morgan fingerprint density at radius 1 is 1.20 bits per heavy atom. The highest BCUT2D eigenvalue weighted by Crippen LogP contribution is 2.30. The molecule has 1 aromatic rings. The van der Waals surface area contributed by atoms with E-state index in [1.54, 1.807) is 0 Å². The molecule has 8 heteroatoms. The van der Waals surface area contributed by atoms with Crippen LogP contribution in [-0.2, 0) is 11.0 Å². The first kappa shape index (κ1) is 18.9. The highest BCUT2D eigenvalue weighted by molar-refractivity contribution is 5.84. The van der Waals surface area contributed by atoms with Gasteiger partial charge in [-0.1, -0.05) is 13.8 Å². The van der Waals surface area contributed by atoms with E-state index in [0.717, 1.165) is 25.0 Å². The Labute approximate surface area is 145 Å². The average molecular weight is 354 g/mol. The summed E-state index contributed by atoms with van der Waals surface area (Å²) in [5, 5.41) is 15.0. The molecule has 1 fully saturated rings. The smallest absolute Gasteiger partial charge is 0.373 e. The van der Waals surface area contributed by atoms with Crippen molar-refractivity contribution in [3.05, 3.63) is 29.8 Å². The Bertz CT molecular complexity index is 637. The number of nitrogens with one attached hydrogen (secondary N) is 1. The van der Waals surface area contributed by atoms with Crippen LogP contribution >= 0.6 is 0 Å². The van der Waals surface area contributed by atoms with Crippen LogP contribution in [0, 0.1) is 17.4 Å². The van der Waals surface area contributed by atoms with Crippen molar-refractivity contribution < 1.29 is 18.0 Å². The number of alkyl halides is 3. The largest absolute Gasteiger partial charge is 0.416 e. The molecule has 0 unspecified atom stereocenters. The number of amides is 1. The maximum absolute atomic E-state index is 12.8. The third-order valence-electron chi connectivity index (χ3n) is 4.12. The summed E-state index contributed by atoms with van der Waals surface area (Å²) in [7, 11) is 0. The first-order valence-corrected chi connectivity index (χ1v) is 8.16. The number of nitriles is 1. The van der Waals surface area contributed by atoms with Gasteiger partial charge in [0.05, 0.1) is 12.1 Å². The van der Waals surface area contributed by atoms with Gasteiger partial charge in [0.15, 0.2) is 6.19 Å². The van der Waals surface area contributed by atoms with Gasteiger partial charge in [-0.15, -0.1) is 0 Å². The summed E-state index contributed by atoms with van der Waals surface area (Å²) < 4.78 is 37.9. The standard InChI is InChI=1S/C17H21F3N4O/c1-12(2)15(16(25)24-10-4-3-9-23(24)11-21)22-14-7-5-13(6-8-14)17(18,19)20/h5-8,12,15,22H,3-4,9-10H2,1-2H3/t15-/m0/s1. The van der Waals surface area contributed by atoms with Crippen molar-refractivity contribution in [3.63, 3.8) is 0 Å². The molecule has 1 N–H and O–H groups in total. The van der Waals surface area contributed by atoms with Crippen LogP contribution in [0.4, 0.5) is 18.9 Å². The molecular formula is C17H21F3N4O. The fourth-order valence-corrected chi connectivity index (χ4v) is 2.71. The predicted octanol–water partition coefficient (Wildman–Crippen LogP) is 3.46. The van der Waals surface area contributed by atoms with Gasteiger partial charge >= 0.3 is 6.18 Å². The lowest BCUT2D eigenvalue weighted by atomic mass is 10.0. The SMILES string of the molecule is CC(C)[C@H](Nc1ccc(C(F)(F)F)cc1)C(=O)N1CCCCN1C#N. The normalized spacial score (nSPS) is 16.5. The van der Waals surface area contributed by atoms with Crippen LogP contribution in [0.1, 0.15) is 32.3 Å². The lowest BCUT2D eigenvalue weighted by molar-refractivity contribution is -0.148. The Hall–Kier alpha value is -2.43. The van der Waals surface area contributed by atoms with Crippen molar-refractivity contribution in [1.82, 2.24) is 10.0 Å². The van der Waals surface area contributed by atoms with Gasteiger partial charge < -0.3 is 5.32 Å². The molecule has 1 heterocycles. The zero-order valence-corrected chi connectivity index (χ0v) is 14.2. The number of rotatable bonds is 4. The first-order valence-electron chi connectivity index (χ1n) is 8.16. The molecule has 0 spiro atoms. The number of hydrazine groups is 1. The van der Waals surface area contributed by atoms with E-state index in [0.29, 0.717) is 18.8 Å². The minimum atomic E-state index is -4.40. The molecule has 5 nitrogen and oxygen atoms in total. The minimum absolute atomic E-state index is 0.0998. The van der Waals surface area contributed by atoms with Gasteiger partial charge in [0, 0.05) is 12.2 Å². The molecular weight excluding hydrogens is 333 g/mol. The molecule has 0 saturated carbocycles. The zero-order chi connectivity index (χ0) is 18.6. The van der Waals surface area contributed by atoms with E-state index in [9.17, 15) is 23.2 Å². The van der Waals surface area contributed by atoms with Crippen molar-refractivity contribution in [2.75, 3.05) is 18.4 Å². The fraction of sp³-hybridized carbons (Fsp3) is 0.529. The molecule has 0 bridgehead atoms. The number of hydrogen-bond donors (Lipinski definition) is 1. The van der Waals surface area contributed by atoms with Crippen LogP contribution in [0.2, 0.25) is 0 Å². The molecule has 1 aromatic carbocycles. The summed E-state index contributed by atoms with van der Waals surface area (Å²) in [5.74, 6) is -0.353. The van der Waals surface area contributed by atoms with E-state index < -0.39 is 17.8 Å². The molecule has 0 radical (unpaired) electrons. The van der Waals surface area contributed by atoms with Gasteiger partial charge in [-0.2, -0.15) is 18.4 Å². The summed E-state index contributed by atoms with van der Waals surface area (Å²) in [6, 6.07) is 3.94. The average Bonchev–Trinajstić information content (AvgIpc) is 2.58. The van der Waals surface area contributed by atoms with Gasteiger partial charge in [-0.05, 0) is 43.0 Å². The third-order valence-corrected chi connectivity index (χ3v) is 4.12. The van der Waals surface area contributed by atoms with Gasteiger partial charge in [-0.3, -0.25) is 4.79 Å². The molecule has 136 valence electrons. The van der Waals surface area contributed by atoms with E-state index >= 15 is 0 Å². The number of carbonyl (C=O) groups excluding carboxylic acids is 1. The van der Waals surface area contributed by atoms with Gasteiger partial charge in [0.25, 0.3) is 5.91 Å². The second kappa shape index (κ2) is 7.64. The fourth-order valence-electron chi connectivity index (χ4n) is 2.71. The second-order valence-corrected chi connectivity index (χ2v) is 6.33. The van der Waals surface area contributed by atoms with Crippen LogP contribution < -0.4 is 5.32 Å². The molecule has 1 aliphatic rings. The molecule has 1 aliphatic heterocycles. The first-order chi connectivity index (χ1) is 11.7. The highest BCUT2D eigenvalue weighted by atomic mass is 19.4. The van der Waals surface area contributed by atoms with Crippen LogP contribution in [-0.4, -0.2) is 35.1 Å². The number of carbonyl (C=O) groups is 1. The molecule has 1 saturated heterocycles. The van der Waals surface area contributed by atoms with E-state index in [1.165, 1.54) is 22.2 Å². The van der Waals surface area contributed by atoms with Crippen molar-refractivity contribution in [2.45, 2.75) is 38.9 Å². The van der Waals surface area contributed by atoms with E-state index in [-0.39, 0.29) is 11.8 Å². The van der Waals surface area contributed by atoms with Crippen LogP contribution in [0.3, 0.4) is 0 Å². The van der Waals surface area contributed by atoms with Crippen molar-refractivity contribution in [1.29, 1.82) is 5.26 Å². The monoisotopic (exact) mass is 354 g/mol. The number of benzene rings is 1. The van der Waals surface area contributed by atoms with Gasteiger partial charge in [0.1, 0.15) is 6.04 Å². The Balaban J connectivity index is 2.15. The Kier molecular flexibility index (Phi) is 5.77. The summed E-state index contributed by atoms with van der Waals surface area (Å²) in [4.78, 5) is 12.8. The van der Waals surface area contributed by atoms with Gasteiger partial charge in [0.2, 0.25) is 0 Å². The topological polar surface area (TPSA) is 59.4 Å². The Morgan fingerprint density at radius 3 is 2.32 bits per heavy atom. The molecule has 0 aromatic heterocycles. The number of nitrogens with zero attached hydrogens (tertiary/aromatic N) is 3. The number of anilines is 1. The molecule has 25 heavy (non-hydrogen) atoms. The maximum Gasteiger partial charge on any atom is 0.416 e. The van der Waals surface area contributed by atoms with Crippen molar-refractivity contribution >= 4 is 11.6 Å². The second-order valence-electron chi connectivity index (χ2n) is 6.33. The molecule has 1 atom stereocenters. The lowest BCUT2D eigenvalue weighted by Crippen LogP contribution is -2.54. The van der Waals surface area contributed by atoms with Gasteiger partial charge in [-0.25, -0.2) is 10.0 Å². The number of hydrogen-bond acceptors (Lipinski definition) is 4. The predicted molar refractivity (Wildman–Crippen MR) is 87.0 cm³/mol. The third kappa shape index (κ3) is 4.56. The quantitative estimate of drug-likeness (QED) is 0.841. The van der Waals surface area contributed by atoms with Crippen LogP contribution in [0.15, 0.2) is 24.3 Å². The molecule has 2 rings (SSSR count). The Morgan fingerprint density at radius 2 is 1.80 bits per heavy atom. The summed E-state index contributed by atoms with van der Waals surface area (Å²) in [6.07, 6.45) is -0.736. The molecule has 0 aliphatic carbocycles. The van der Waals surface area contributed by atoms with E-state index in [4.69, 9.17) is 0 Å². The zero-order valence-electron chi connectivity index (χ0n) is 14.2. The van der Waals surface area contributed by atoms with E-state index in [1.807, 2.05) is 20.0 Å². The summed E-state index contributed by atoms with van der Waals surface area (Å²) >= 11 is 0. The van der Waals surface area contributed by atoms with Crippen LogP contribution in [0.5, 0.6) is 0 Å². The van der Waals surface area contributed by atoms with Crippen LogP contribution in [0.25, 0.3) is 0 Å². The summed E-state index contributed by atoms with van der Waals surface area (Å²) in [6.45, 7) is 4.65. The minimum Gasteiger partial charge on any atom is -0.373 e.